The molecule has 0 heterocycles. The molecule has 106 valence electrons. The summed E-state index contributed by atoms with van der Waals surface area (Å²) in [4.78, 5) is 0. The van der Waals surface area contributed by atoms with Gasteiger partial charge in [-0.25, -0.2) is 0 Å². The van der Waals surface area contributed by atoms with Crippen LogP contribution in [-0.4, -0.2) is 18.3 Å². The smallest absolute Gasteiger partial charge is 0.311 e. The van der Waals surface area contributed by atoms with E-state index >= 15 is 0 Å². The van der Waals surface area contributed by atoms with Crippen molar-refractivity contribution in [3.8, 4) is 0 Å². The maximum atomic E-state index is 12.5. The third-order valence-corrected chi connectivity index (χ3v) is 4.78. The molecule has 0 saturated heterocycles. The highest BCUT2D eigenvalue weighted by atomic mass is 19.4. The number of nitrogens with one attached hydrogen (secondary N) is 1. The van der Waals surface area contributed by atoms with Crippen molar-refractivity contribution in [2.45, 2.75) is 70.6 Å². The highest BCUT2D eigenvalue weighted by molar-refractivity contribution is 4.90. The first-order valence-electron chi connectivity index (χ1n) is 7.19. The highest BCUT2D eigenvalue weighted by Crippen LogP contribution is 2.39. The normalized spacial score (nSPS) is 37.7. The van der Waals surface area contributed by atoms with Crippen LogP contribution in [0.1, 0.15) is 52.4 Å². The molecule has 4 heteroatoms. The van der Waals surface area contributed by atoms with Crippen molar-refractivity contribution >= 4 is 0 Å². The zero-order chi connectivity index (χ0) is 13.3. The van der Waals surface area contributed by atoms with Crippen LogP contribution < -0.4 is 5.32 Å². The minimum atomic E-state index is -3.98. The predicted molar refractivity (Wildman–Crippen MR) is 66.3 cm³/mol. The summed E-state index contributed by atoms with van der Waals surface area (Å²) in [6, 6.07) is 0.881. The van der Waals surface area contributed by atoms with Gasteiger partial charge in [-0.3, -0.25) is 0 Å². The largest absolute Gasteiger partial charge is 0.391 e. The predicted octanol–water partition coefficient (Wildman–Crippen LogP) is 4.13. The Morgan fingerprint density at radius 2 is 1.50 bits per heavy atom. The number of alkyl halides is 3. The van der Waals surface area contributed by atoms with Crippen LogP contribution in [0.3, 0.4) is 0 Å². The van der Waals surface area contributed by atoms with Crippen molar-refractivity contribution in [1.29, 1.82) is 0 Å². The topological polar surface area (TPSA) is 12.0 Å². The van der Waals surface area contributed by atoms with Gasteiger partial charge in [-0.15, -0.1) is 0 Å². The first-order valence-corrected chi connectivity index (χ1v) is 7.19. The zero-order valence-corrected chi connectivity index (χ0v) is 11.3. The fourth-order valence-electron chi connectivity index (χ4n) is 3.26. The monoisotopic (exact) mass is 263 g/mol. The Kier molecular flexibility index (Phi) is 4.25. The SMILES string of the molecule is CC(C)C1CC(NC2CCC(C(F)(F)F)CC2)C1. The van der Waals surface area contributed by atoms with E-state index in [0.29, 0.717) is 37.8 Å². The Morgan fingerprint density at radius 3 is 1.94 bits per heavy atom. The molecule has 0 aromatic carbocycles. The average Bonchev–Trinajstić information content (AvgIpc) is 2.21. The summed E-state index contributed by atoms with van der Waals surface area (Å²) in [6.45, 7) is 4.49. The lowest BCUT2D eigenvalue weighted by Crippen LogP contribution is -2.49. The van der Waals surface area contributed by atoms with Gasteiger partial charge in [0.25, 0.3) is 0 Å². The quantitative estimate of drug-likeness (QED) is 0.807. The molecular formula is C14H24F3N. The van der Waals surface area contributed by atoms with Crippen molar-refractivity contribution in [2.75, 3.05) is 0 Å². The molecule has 0 unspecified atom stereocenters. The molecule has 0 spiro atoms. The van der Waals surface area contributed by atoms with Gasteiger partial charge in [0.1, 0.15) is 0 Å². The third kappa shape index (κ3) is 3.40. The maximum absolute atomic E-state index is 12.5. The number of rotatable bonds is 3. The van der Waals surface area contributed by atoms with E-state index in [4.69, 9.17) is 0 Å². The van der Waals surface area contributed by atoms with Crippen LogP contribution in [0.2, 0.25) is 0 Å². The molecule has 2 rings (SSSR count). The summed E-state index contributed by atoms with van der Waals surface area (Å²) in [7, 11) is 0. The van der Waals surface area contributed by atoms with Crippen LogP contribution in [0, 0.1) is 17.8 Å². The molecule has 1 nitrogen and oxygen atoms in total. The van der Waals surface area contributed by atoms with E-state index in [9.17, 15) is 13.2 Å². The molecule has 0 aromatic heterocycles. The second-order valence-corrected chi connectivity index (χ2v) is 6.43. The van der Waals surface area contributed by atoms with E-state index in [2.05, 4.69) is 19.2 Å². The summed E-state index contributed by atoms with van der Waals surface area (Å²) in [5.41, 5.74) is 0. The second kappa shape index (κ2) is 5.40. The Morgan fingerprint density at radius 1 is 0.944 bits per heavy atom. The first-order chi connectivity index (χ1) is 8.36. The Labute approximate surface area is 108 Å². The fourth-order valence-corrected chi connectivity index (χ4v) is 3.26. The van der Waals surface area contributed by atoms with E-state index in [1.165, 1.54) is 12.8 Å². The first kappa shape index (κ1) is 14.2. The van der Waals surface area contributed by atoms with Crippen molar-refractivity contribution < 1.29 is 13.2 Å². The molecule has 0 aliphatic heterocycles. The van der Waals surface area contributed by atoms with Crippen LogP contribution in [0.5, 0.6) is 0 Å². The standard InChI is InChI=1S/C14H24F3N/c1-9(2)10-7-13(8-10)18-12-5-3-11(4-6-12)14(15,16)17/h9-13,18H,3-8H2,1-2H3. The molecule has 1 N–H and O–H groups in total. The summed E-state index contributed by atoms with van der Waals surface area (Å²) in [6.07, 6.45) is 0.418. The van der Waals surface area contributed by atoms with Crippen LogP contribution in [0.4, 0.5) is 13.2 Å². The highest BCUT2D eigenvalue weighted by Gasteiger charge is 2.42. The molecule has 0 bridgehead atoms. The third-order valence-electron chi connectivity index (χ3n) is 4.78. The molecule has 0 atom stereocenters. The number of hydrogen-bond donors (Lipinski definition) is 1. The molecule has 0 amide bonds. The molecule has 2 aliphatic rings. The van der Waals surface area contributed by atoms with E-state index in [-0.39, 0.29) is 0 Å². The van der Waals surface area contributed by atoms with Gasteiger partial charge in [-0.2, -0.15) is 13.2 Å². The molecule has 2 aliphatic carbocycles. The lowest BCUT2D eigenvalue weighted by atomic mass is 9.73. The number of halogens is 3. The van der Waals surface area contributed by atoms with Gasteiger partial charge >= 0.3 is 6.18 Å². The van der Waals surface area contributed by atoms with Gasteiger partial charge in [-0.05, 0) is 50.4 Å². The summed E-state index contributed by atoms with van der Waals surface area (Å²) in [5.74, 6) is 0.499. The van der Waals surface area contributed by atoms with Crippen LogP contribution >= 0.6 is 0 Å². The minimum absolute atomic E-state index is 0.307. The second-order valence-electron chi connectivity index (χ2n) is 6.43. The molecular weight excluding hydrogens is 239 g/mol. The molecule has 18 heavy (non-hydrogen) atoms. The molecule has 2 saturated carbocycles. The van der Waals surface area contributed by atoms with Crippen molar-refractivity contribution in [3.63, 3.8) is 0 Å². The van der Waals surface area contributed by atoms with E-state index in [1.807, 2.05) is 0 Å². The van der Waals surface area contributed by atoms with E-state index < -0.39 is 12.1 Å². The maximum Gasteiger partial charge on any atom is 0.391 e. The van der Waals surface area contributed by atoms with Crippen molar-refractivity contribution in [1.82, 2.24) is 5.32 Å². The minimum Gasteiger partial charge on any atom is -0.311 e. The van der Waals surface area contributed by atoms with Crippen molar-refractivity contribution in [3.05, 3.63) is 0 Å². The van der Waals surface area contributed by atoms with Crippen molar-refractivity contribution in [2.24, 2.45) is 17.8 Å². The van der Waals surface area contributed by atoms with Gasteiger partial charge in [0.2, 0.25) is 0 Å². The van der Waals surface area contributed by atoms with E-state index in [1.54, 1.807) is 0 Å². The Balaban J connectivity index is 1.66. The summed E-state index contributed by atoms with van der Waals surface area (Å²) >= 11 is 0. The van der Waals surface area contributed by atoms with Crippen LogP contribution in [0.15, 0.2) is 0 Å². The summed E-state index contributed by atoms with van der Waals surface area (Å²) in [5, 5.41) is 3.54. The van der Waals surface area contributed by atoms with Crippen LogP contribution in [0.25, 0.3) is 0 Å². The average molecular weight is 263 g/mol. The van der Waals surface area contributed by atoms with E-state index in [0.717, 1.165) is 11.8 Å². The summed E-state index contributed by atoms with van der Waals surface area (Å²) < 4.78 is 37.6. The molecule has 0 aromatic rings. The molecule has 0 radical (unpaired) electrons. The van der Waals surface area contributed by atoms with Gasteiger partial charge < -0.3 is 5.32 Å². The van der Waals surface area contributed by atoms with Gasteiger partial charge in [0, 0.05) is 12.1 Å². The Hall–Kier alpha value is -0.250. The molecule has 2 fully saturated rings. The fraction of sp³-hybridized carbons (Fsp3) is 1.00. The lowest BCUT2D eigenvalue weighted by molar-refractivity contribution is -0.183. The van der Waals surface area contributed by atoms with Gasteiger partial charge in [-0.1, -0.05) is 13.8 Å². The Bertz CT molecular complexity index is 261. The zero-order valence-electron chi connectivity index (χ0n) is 11.3. The van der Waals surface area contributed by atoms with Crippen LogP contribution in [-0.2, 0) is 0 Å². The lowest BCUT2D eigenvalue weighted by Gasteiger charge is -2.42. The van der Waals surface area contributed by atoms with Gasteiger partial charge in [0.05, 0.1) is 5.92 Å². The number of hydrogen-bond acceptors (Lipinski definition) is 1. The van der Waals surface area contributed by atoms with Gasteiger partial charge in [0.15, 0.2) is 0 Å².